The van der Waals surface area contributed by atoms with E-state index in [2.05, 4.69) is 17.2 Å². The van der Waals surface area contributed by atoms with Crippen LogP contribution in [0, 0.1) is 6.92 Å². The van der Waals surface area contributed by atoms with Gasteiger partial charge in [-0.25, -0.2) is 0 Å². The molecule has 0 bridgehead atoms. The first-order chi connectivity index (χ1) is 9.20. The Labute approximate surface area is 117 Å². The maximum atomic E-state index is 12.0. The summed E-state index contributed by atoms with van der Waals surface area (Å²) in [6.45, 7) is 4.06. The quantitative estimate of drug-likeness (QED) is 0.807. The third-order valence-corrected chi connectivity index (χ3v) is 4.00. The average molecular weight is 274 g/mol. The molecule has 1 amide bonds. The van der Waals surface area contributed by atoms with Gasteiger partial charge >= 0.3 is 0 Å². The van der Waals surface area contributed by atoms with Crippen LogP contribution in [0.2, 0.25) is 0 Å². The molecule has 0 aliphatic heterocycles. The number of anilines is 1. The fraction of sp³-hybridized carbons (Fsp3) is 0.267. The molecule has 0 aliphatic carbocycles. The summed E-state index contributed by atoms with van der Waals surface area (Å²) >= 11 is 1.83. The van der Waals surface area contributed by atoms with Crippen LogP contribution in [0.15, 0.2) is 41.4 Å². The molecule has 2 N–H and O–H groups in total. The van der Waals surface area contributed by atoms with Gasteiger partial charge in [-0.1, -0.05) is 6.92 Å². The van der Waals surface area contributed by atoms with Gasteiger partial charge in [-0.2, -0.15) is 0 Å². The van der Waals surface area contributed by atoms with Crippen LogP contribution < -0.4 is 5.32 Å². The minimum atomic E-state index is -0.0762. The highest BCUT2D eigenvalue weighted by Gasteiger charge is 2.09. The van der Waals surface area contributed by atoms with Crippen molar-refractivity contribution in [3.63, 3.8) is 0 Å². The SMILES string of the molecule is CCCSc1ccc(NC(=O)c2cc[nH]c2C)cc1. The molecule has 0 fully saturated rings. The number of H-pyrrole nitrogens is 1. The van der Waals surface area contributed by atoms with Crippen LogP contribution in [0.3, 0.4) is 0 Å². The Balaban J connectivity index is 2.00. The summed E-state index contributed by atoms with van der Waals surface area (Å²) in [6.07, 6.45) is 2.94. The maximum Gasteiger partial charge on any atom is 0.257 e. The van der Waals surface area contributed by atoms with E-state index in [1.54, 1.807) is 12.3 Å². The summed E-state index contributed by atoms with van der Waals surface area (Å²) in [4.78, 5) is 16.3. The number of amides is 1. The molecule has 19 heavy (non-hydrogen) atoms. The van der Waals surface area contributed by atoms with E-state index in [9.17, 15) is 4.79 Å². The molecule has 0 saturated heterocycles. The van der Waals surface area contributed by atoms with Crippen molar-refractivity contribution in [1.82, 2.24) is 4.98 Å². The smallest absolute Gasteiger partial charge is 0.257 e. The van der Waals surface area contributed by atoms with Crippen molar-refractivity contribution in [3.05, 3.63) is 47.8 Å². The third kappa shape index (κ3) is 3.64. The molecule has 2 rings (SSSR count). The molecule has 3 nitrogen and oxygen atoms in total. The molecule has 1 aromatic carbocycles. The van der Waals surface area contributed by atoms with Crippen LogP contribution in [0.1, 0.15) is 29.4 Å². The zero-order valence-corrected chi connectivity index (χ0v) is 12.0. The van der Waals surface area contributed by atoms with Gasteiger partial charge in [0, 0.05) is 22.5 Å². The largest absolute Gasteiger partial charge is 0.365 e. The molecular weight excluding hydrogens is 256 g/mol. The van der Waals surface area contributed by atoms with E-state index in [4.69, 9.17) is 0 Å². The number of hydrogen-bond acceptors (Lipinski definition) is 2. The first-order valence-electron chi connectivity index (χ1n) is 6.39. The standard InChI is InChI=1S/C15H18N2OS/c1-3-10-19-13-6-4-12(5-7-13)17-15(18)14-8-9-16-11(14)2/h4-9,16H,3,10H2,1-2H3,(H,17,18). The number of carbonyl (C=O) groups is 1. The van der Waals surface area contributed by atoms with Crippen LogP contribution in [-0.4, -0.2) is 16.6 Å². The van der Waals surface area contributed by atoms with Crippen LogP contribution in [0.25, 0.3) is 0 Å². The van der Waals surface area contributed by atoms with Crippen LogP contribution >= 0.6 is 11.8 Å². The Kier molecular flexibility index (Phi) is 4.68. The number of aromatic amines is 1. The van der Waals surface area contributed by atoms with Crippen molar-refractivity contribution in [2.24, 2.45) is 0 Å². The highest BCUT2D eigenvalue weighted by atomic mass is 32.2. The summed E-state index contributed by atoms with van der Waals surface area (Å²) in [5.41, 5.74) is 2.39. The number of carbonyl (C=O) groups excluding carboxylic acids is 1. The van der Waals surface area contributed by atoms with Crippen molar-refractivity contribution in [1.29, 1.82) is 0 Å². The molecule has 0 radical (unpaired) electrons. The van der Waals surface area contributed by atoms with Crippen molar-refractivity contribution in [2.75, 3.05) is 11.1 Å². The van der Waals surface area contributed by atoms with Gasteiger partial charge in [0.1, 0.15) is 0 Å². The van der Waals surface area contributed by atoms with E-state index in [1.165, 1.54) is 4.90 Å². The lowest BCUT2D eigenvalue weighted by atomic mass is 10.2. The number of aryl methyl sites for hydroxylation is 1. The van der Waals surface area contributed by atoms with Crippen molar-refractivity contribution >= 4 is 23.4 Å². The second-order valence-electron chi connectivity index (χ2n) is 4.34. The fourth-order valence-corrected chi connectivity index (χ4v) is 2.52. The number of benzene rings is 1. The molecule has 0 unspecified atom stereocenters. The van der Waals surface area contributed by atoms with Gasteiger partial charge < -0.3 is 10.3 Å². The fourth-order valence-electron chi connectivity index (χ4n) is 1.75. The first kappa shape index (κ1) is 13.7. The van der Waals surface area contributed by atoms with Gasteiger partial charge in [-0.3, -0.25) is 4.79 Å². The molecule has 0 saturated carbocycles. The first-order valence-corrected chi connectivity index (χ1v) is 7.37. The Morgan fingerprint density at radius 3 is 2.58 bits per heavy atom. The molecule has 1 heterocycles. The van der Waals surface area contributed by atoms with Gasteiger partial charge in [0.25, 0.3) is 5.91 Å². The summed E-state index contributed by atoms with van der Waals surface area (Å²) in [5.74, 6) is 1.04. The number of thioether (sulfide) groups is 1. The zero-order chi connectivity index (χ0) is 13.7. The minimum Gasteiger partial charge on any atom is -0.365 e. The summed E-state index contributed by atoms with van der Waals surface area (Å²) < 4.78 is 0. The van der Waals surface area contributed by atoms with Gasteiger partial charge in [-0.15, -0.1) is 11.8 Å². The Morgan fingerprint density at radius 2 is 2.00 bits per heavy atom. The van der Waals surface area contributed by atoms with E-state index in [1.807, 2.05) is 43.0 Å². The Bertz CT molecular complexity index is 546. The van der Waals surface area contributed by atoms with Gasteiger partial charge in [0.15, 0.2) is 0 Å². The average Bonchev–Trinajstić information content (AvgIpc) is 2.84. The zero-order valence-electron chi connectivity index (χ0n) is 11.2. The van der Waals surface area contributed by atoms with Crippen molar-refractivity contribution in [3.8, 4) is 0 Å². The van der Waals surface area contributed by atoms with Crippen LogP contribution in [0.4, 0.5) is 5.69 Å². The lowest BCUT2D eigenvalue weighted by Crippen LogP contribution is -2.12. The normalized spacial score (nSPS) is 10.4. The second kappa shape index (κ2) is 6.48. The molecule has 0 spiro atoms. The molecular formula is C15H18N2OS. The molecule has 2 aromatic rings. The number of rotatable bonds is 5. The van der Waals surface area contributed by atoms with Crippen molar-refractivity contribution in [2.45, 2.75) is 25.2 Å². The van der Waals surface area contributed by atoms with Crippen LogP contribution in [-0.2, 0) is 0 Å². The highest BCUT2D eigenvalue weighted by molar-refractivity contribution is 7.99. The lowest BCUT2D eigenvalue weighted by molar-refractivity contribution is 0.102. The topological polar surface area (TPSA) is 44.9 Å². The van der Waals surface area contributed by atoms with Gasteiger partial charge in [0.05, 0.1) is 5.56 Å². The number of aromatic nitrogens is 1. The van der Waals surface area contributed by atoms with E-state index in [0.29, 0.717) is 5.56 Å². The molecule has 100 valence electrons. The monoisotopic (exact) mass is 274 g/mol. The summed E-state index contributed by atoms with van der Waals surface area (Å²) in [7, 11) is 0. The third-order valence-electron chi connectivity index (χ3n) is 2.78. The van der Waals surface area contributed by atoms with E-state index in [0.717, 1.165) is 23.6 Å². The van der Waals surface area contributed by atoms with Gasteiger partial charge in [-0.05, 0) is 49.4 Å². The number of hydrogen-bond donors (Lipinski definition) is 2. The number of nitrogens with one attached hydrogen (secondary N) is 2. The Hall–Kier alpha value is -1.68. The lowest BCUT2D eigenvalue weighted by Gasteiger charge is -2.06. The second-order valence-corrected chi connectivity index (χ2v) is 5.51. The minimum absolute atomic E-state index is 0.0762. The predicted molar refractivity (Wildman–Crippen MR) is 80.9 cm³/mol. The van der Waals surface area contributed by atoms with Crippen LogP contribution in [0.5, 0.6) is 0 Å². The summed E-state index contributed by atoms with van der Waals surface area (Å²) in [5, 5.41) is 2.90. The maximum absolute atomic E-state index is 12.0. The molecule has 4 heteroatoms. The highest BCUT2D eigenvalue weighted by Crippen LogP contribution is 2.21. The van der Waals surface area contributed by atoms with E-state index < -0.39 is 0 Å². The molecule has 1 aromatic heterocycles. The van der Waals surface area contributed by atoms with Crippen molar-refractivity contribution < 1.29 is 4.79 Å². The molecule has 0 atom stereocenters. The summed E-state index contributed by atoms with van der Waals surface area (Å²) in [6, 6.07) is 9.76. The predicted octanol–water partition coefficient (Wildman–Crippen LogP) is 4.08. The Morgan fingerprint density at radius 1 is 1.26 bits per heavy atom. The van der Waals surface area contributed by atoms with E-state index in [-0.39, 0.29) is 5.91 Å². The van der Waals surface area contributed by atoms with E-state index >= 15 is 0 Å². The van der Waals surface area contributed by atoms with Gasteiger partial charge in [0.2, 0.25) is 0 Å². The molecule has 0 aliphatic rings.